The smallest absolute Gasteiger partial charge is 0.117 e. The molecule has 0 spiro atoms. The van der Waals surface area contributed by atoms with Crippen LogP contribution in [0.4, 0.5) is 5.69 Å². The molecule has 0 fully saturated rings. The Hall–Kier alpha value is -2.00. The van der Waals surface area contributed by atoms with Gasteiger partial charge in [-0.15, -0.1) is 0 Å². The van der Waals surface area contributed by atoms with E-state index in [2.05, 4.69) is 29.2 Å². The lowest BCUT2D eigenvalue weighted by molar-refractivity contribution is 0.276. The minimum atomic E-state index is 0.223. The van der Waals surface area contributed by atoms with Crippen molar-refractivity contribution in [3.63, 3.8) is 0 Å². The van der Waals surface area contributed by atoms with Gasteiger partial charge in [-0.1, -0.05) is 30.3 Å². The predicted molar refractivity (Wildman–Crippen MR) is 71.9 cm³/mol. The third-order valence-corrected chi connectivity index (χ3v) is 3.43. The number of nitrogens with zero attached hydrogens (tertiary/aromatic N) is 1. The quantitative estimate of drug-likeness (QED) is 0.793. The number of aromatic hydroxyl groups is 1. The molecular formula is C15H16N2O. The highest BCUT2D eigenvalue weighted by Gasteiger charge is 2.18. The second-order valence-electron chi connectivity index (χ2n) is 4.80. The van der Waals surface area contributed by atoms with Gasteiger partial charge >= 0.3 is 0 Å². The molecule has 0 aliphatic carbocycles. The van der Waals surface area contributed by atoms with Crippen LogP contribution in [0.25, 0.3) is 0 Å². The molecule has 2 aromatic carbocycles. The highest BCUT2D eigenvalue weighted by atomic mass is 16.3. The fraction of sp³-hybridized carbons (Fsp3) is 0.200. The molecule has 0 aromatic heterocycles. The zero-order valence-electron chi connectivity index (χ0n) is 10.1. The summed E-state index contributed by atoms with van der Waals surface area (Å²) in [5, 5.41) is 9.35. The van der Waals surface area contributed by atoms with Crippen LogP contribution in [0.15, 0.2) is 42.5 Å². The first-order chi connectivity index (χ1) is 8.72. The van der Waals surface area contributed by atoms with Crippen molar-refractivity contribution < 1.29 is 5.11 Å². The Labute approximate surface area is 106 Å². The van der Waals surface area contributed by atoms with E-state index in [0.717, 1.165) is 25.2 Å². The average molecular weight is 240 g/mol. The summed E-state index contributed by atoms with van der Waals surface area (Å²) in [5.74, 6) is 0.223. The molecule has 1 aliphatic heterocycles. The fourth-order valence-corrected chi connectivity index (χ4v) is 2.48. The summed E-state index contributed by atoms with van der Waals surface area (Å²) in [6.07, 6.45) is 0. The van der Waals surface area contributed by atoms with Crippen LogP contribution in [-0.2, 0) is 19.6 Å². The lowest BCUT2D eigenvalue weighted by atomic mass is 10.1. The number of benzene rings is 2. The van der Waals surface area contributed by atoms with E-state index in [4.69, 9.17) is 5.73 Å². The second kappa shape index (κ2) is 4.35. The Morgan fingerprint density at radius 1 is 1.06 bits per heavy atom. The molecule has 0 unspecified atom stereocenters. The zero-order chi connectivity index (χ0) is 12.5. The van der Waals surface area contributed by atoms with Crippen molar-refractivity contribution in [3.05, 3.63) is 59.2 Å². The van der Waals surface area contributed by atoms with Gasteiger partial charge in [0.1, 0.15) is 5.75 Å². The summed E-state index contributed by atoms with van der Waals surface area (Å²) < 4.78 is 0. The van der Waals surface area contributed by atoms with E-state index in [1.165, 1.54) is 11.1 Å². The number of nitrogens with two attached hydrogens (primary N) is 1. The molecule has 3 rings (SSSR count). The maximum absolute atomic E-state index is 9.35. The van der Waals surface area contributed by atoms with E-state index in [0.29, 0.717) is 5.69 Å². The van der Waals surface area contributed by atoms with Gasteiger partial charge in [-0.25, -0.2) is 0 Å². The van der Waals surface area contributed by atoms with Crippen LogP contribution >= 0.6 is 0 Å². The molecule has 92 valence electrons. The van der Waals surface area contributed by atoms with Crippen molar-refractivity contribution in [1.82, 2.24) is 4.90 Å². The minimum Gasteiger partial charge on any atom is -0.508 e. The third-order valence-electron chi connectivity index (χ3n) is 3.43. The number of nitrogen functional groups attached to an aromatic ring is 1. The Kier molecular flexibility index (Phi) is 2.68. The van der Waals surface area contributed by atoms with Crippen molar-refractivity contribution >= 4 is 5.69 Å². The summed E-state index contributed by atoms with van der Waals surface area (Å²) >= 11 is 0. The van der Waals surface area contributed by atoms with Crippen molar-refractivity contribution in [3.8, 4) is 5.75 Å². The van der Waals surface area contributed by atoms with Gasteiger partial charge in [0.15, 0.2) is 0 Å². The van der Waals surface area contributed by atoms with Gasteiger partial charge in [-0.2, -0.15) is 0 Å². The molecule has 0 atom stereocenters. The first kappa shape index (κ1) is 11.1. The van der Waals surface area contributed by atoms with Crippen LogP contribution in [0.1, 0.15) is 16.7 Å². The van der Waals surface area contributed by atoms with E-state index in [9.17, 15) is 5.11 Å². The van der Waals surface area contributed by atoms with Crippen molar-refractivity contribution in [2.45, 2.75) is 19.6 Å². The van der Waals surface area contributed by atoms with Crippen molar-refractivity contribution in [1.29, 1.82) is 0 Å². The minimum absolute atomic E-state index is 0.223. The van der Waals surface area contributed by atoms with Crippen LogP contribution in [0.3, 0.4) is 0 Å². The van der Waals surface area contributed by atoms with Gasteiger partial charge in [0.05, 0.1) is 0 Å². The lowest BCUT2D eigenvalue weighted by Gasteiger charge is -2.16. The molecule has 0 saturated carbocycles. The van der Waals surface area contributed by atoms with E-state index < -0.39 is 0 Å². The standard InChI is InChI=1S/C15H16N2O/c16-15-7-14(18)6-5-13(15)10-17-8-11-3-1-2-4-12(11)9-17/h1-7,18H,8-10,16H2. The normalized spacial score (nSPS) is 14.7. The number of phenolic OH excluding ortho intramolecular Hbond substituents is 1. The highest BCUT2D eigenvalue weighted by Crippen LogP contribution is 2.26. The van der Waals surface area contributed by atoms with Crippen LogP contribution in [0, 0.1) is 0 Å². The first-order valence-electron chi connectivity index (χ1n) is 6.09. The van der Waals surface area contributed by atoms with Gasteiger partial charge in [0, 0.05) is 31.4 Å². The van der Waals surface area contributed by atoms with E-state index in [1.54, 1.807) is 12.1 Å². The predicted octanol–water partition coefficient (Wildman–Crippen LogP) is 2.49. The lowest BCUT2D eigenvalue weighted by Crippen LogP contribution is -2.16. The second-order valence-corrected chi connectivity index (χ2v) is 4.80. The SMILES string of the molecule is Nc1cc(O)ccc1CN1Cc2ccccc2C1. The van der Waals surface area contributed by atoms with Gasteiger partial charge in [-0.3, -0.25) is 4.90 Å². The van der Waals surface area contributed by atoms with Gasteiger partial charge in [0.2, 0.25) is 0 Å². The largest absolute Gasteiger partial charge is 0.508 e. The summed E-state index contributed by atoms with van der Waals surface area (Å²) in [5.41, 5.74) is 10.4. The Morgan fingerprint density at radius 3 is 2.33 bits per heavy atom. The summed E-state index contributed by atoms with van der Waals surface area (Å²) in [4.78, 5) is 2.35. The van der Waals surface area contributed by atoms with Crippen LogP contribution < -0.4 is 5.73 Å². The first-order valence-corrected chi connectivity index (χ1v) is 6.09. The van der Waals surface area contributed by atoms with Crippen molar-refractivity contribution in [2.75, 3.05) is 5.73 Å². The van der Waals surface area contributed by atoms with Gasteiger partial charge < -0.3 is 10.8 Å². The number of phenols is 1. The van der Waals surface area contributed by atoms with Crippen LogP contribution in [0.5, 0.6) is 5.75 Å². The molecular weight excluding hydrogens is 224 g/mol. The summed E-state index contributed by atoms with van der Waals surface area (Å²) in [6, 6.07) is 13.7. The highest BCUT2D eigenvalue weighted by molar-refractivity contribution is 5.51. The maximum atomic E-state index is 9.35. The molecule has 18 heavy (non-hydrogen) atoms. The monoisotopic (exact) mass is 240 g/mol. The molecule has 2 aromatic rings. The molecule has 0 bridgehead atoms. The Morgan fingerprint density at radius 2 is 1.72 bits per heavy atom. The number of hydrogen-bond acceptors (Lipinski definition) is 3. The molecule has 3 N–H and O–H groups in total. The van der Waals surface area contributed by atoms with Crippen molar-refractivity contribution in [2.24, 2.45) is 0 Å². The van der Waals surface area contributed by atoms with E-state index >= 15 is 0 Å². The number of rotatable bonds is 2. The Bertz CT molecular complexity index is 555. The summed E-state index contributed by atoms with van der Waals surface area (Å²) in [6.45, 7) is 2.76. The molecule has 0 saturated heterocycles. The molecule has 1 aliphatic rings. The van der Waals surface area contributed by atoms with Crippen LogP contribution in [0.2, 0.25) is 0 Å². The maximum Gasteiger partial charge on any atom is 0.117 e. The molecule has 0 amide bonds. The fourth-order valence-electron chi connectivity index (χ4n) is 2.48. The third kappa shape index (κ3) is 2.05. The summed E-state index contributed by atoms with van der Waals surface area (Å²) in [7, 11) is 0. The molecule has 0 radical (unpaired) electrons. The molecule has 3 nitrogen and oxygen atoms in total. The average Bonchev–Trinajstić information content (AvgIpc) is 2.75. The van der Waals surface area contributed by atoms with Crippen LogP contribution in [-0.4, -0.2) is 10.0 Å². The molecule has 1 heterocycles. The number of anilines is 1. The van der Waals surface area contributed by atoms with Gasteiger partial charge in [0.25, 0.3) is 0 Å². The topological polar surface area (TPSA) is 49.5 Å². The zero-order valence-corrected chi connectivity index (χ0v) is 10.1. The number of hydrogen-bond donors (Lipinski definition) is 2. The van der Waals surface area contributed by atoms with E-state index in [-0.39, 0.29) is 5.75 Å². The van der Waals surface area contributed by atoms with E-state index in [1.807, 2.05) is 6.07 Å². The number of fused-ring (bicyclic) bond motifs is 1. The Balaban J connectivity index is 1.76. The molecule has 3 heteroatoms. The van der Waals surface area contributed by atoms with Gasteiger partial charge in [-0.05, 0) is 22.8 Å².